The van der Waals surface area contributed by atoms with Crippen LogP contribution in [0.4, 0.5) is 5.95 Å². The maximum absolute atomic E-state index is 10.5. The number of nitro groups is 1. The average molecular weight is 253 g/mol. The van der Waals surface area contributed by atoms with Gasteiger partial charge in [-0.25, -0.2) is 0 Å². The van der Waals surface area contributed by atoms with Gasteiger partial charge in [-0.15, -0.1) is 4.68 Å². The zero-order valence-corrected chi connectivity index (χ0v) is 9.03. The number of nitrogens with zero attached hydrogens (tertiary/aromatic N) is 4. The quantitative estimate of drug-likeness (QED) is 0.470. The Kier molecular flexibility index (Phi) is 2.84. The number of carbonyl (C=O) groups excluding carboxylic acids is 1. The van der Waals surface area contributed by atoms with Crippen molar-refractivity contribution < 1.29 is 9.72 Å². The molecule has 0 radical (unpaired) electrons. The summed E-state index contributed by atoms with van der Waals surface area (Å²) in [6.45, 7) is 0. The molecule has 0 aliphatic rings. The highest BCUT2D eigenvalue weighted by Crippen LogP contribution is 2.17. The Bertz CT molecular complexity index is 578. The fourth-order valence-corrected chi connectivity index (χ4v) is 1.43. The molecule has 1 aromatic heterocycles. The monoisotopic (exact) mass is 252 g/mol. The Labute approximate surface area is 99.8 Å². The summed E-state index contributed by atoms with van der Waals surface area (Å²) in [6.07, 6.45) is 0.690. The van der Waals surface area contributed by atoms with E-state index in [0.717, 1.165) is 4.68 Å². The number of aldehydes is 1. The topological polar surface area (TPSA) is 90.9 Å². The Hall–Kier alpha value is -2.28. The minimum absolute atomic E-state index is 0.115. The third kappa shape index (κ3) is 2.13. The summed E-state index contributed by atoms with van der Waals surface area (Å²) in [5, 5.41) is 14.0. The molecule has 0 amide bonds. The molecule has 0 N–H and O–H groups in total. The number of hydrogen-bond acceptors (Lipinski definition) is 5. The van der Waals surface area contributed by atoms with E-state index in [2.05, 4.69) is 10.1 Å². The summed E-state index contributed by atoms with van der Waals surface area (Å²) in [6, 6.07) is 6.22. The zero-order valence-electron chi connectivity index (χ0n) is 8.28. The van der Waals surface area contributed by atoms with Crippen LogP contribution >= 0.6 is 11.6 Å². The Morgan fingerprint density at radius 1 is 1.35 bits per heavy atom. The van der Waals surface area contributed by atoms with Gasteiger partial charge in [-0.1, -0.05) is 0 Å². The van der Waals surface area contributed by atoms with E-state index in [0.29, 0.717) is 17.5 Å². The van der Waals surface area contributed by atoms with Crippen LogP contribution in [-0.2, 0) is 0 Å². The molecular weight excluding hydrogens is 248 g/mol. The standard InChI is InChI=1S/C9H5ClN4O3/c10-8-11-9(14(16)17)12-13(8)7-3-1-6(5-15)2-4-7/h1-5H. The van der Waals surface area contributed by atoms with E-state index in [9.17, 15) is 14.9 Å². The van der Waals surface area contributed by atoms with Crippen molar-refractivity contribution in [2.24, 2.45) is 0 Å². The third-order valence-electron chi connectivity index (χ3n) is 1.99. The van der Waals surface area contributed by atoms with Crippen molar-refractivity contribution in [2.75, 3.05) is 0 Å². The lowest BCUT2D eigenvalue weighted by Crippen LogP contribution is -1.98. The van der Waals surface area contributed by atoms with Crippen molar-refractivity contribution in [3.05, 3.63) is 45.2 Å². The van der Waals surface area contributed by atoms with Gasteiger partial charge >= 0.3 is 11.2 Å². The van der Waals surface area contributed by atoms with Crippen LogP contribution < -0.4 is 0 Å². The fraction of sp³-hybridized carbons (Fsp3) is 0. The Morgan fingerprint density at radius 2 is 2.00 bits per heavy atom. The van der Waals surface area contributed by atoms with Crippen molar-refractivity contribution in [3.63, 3.8) is 0 Å². The first-order valence-corrected chi connectivity index (χ1v) is 4.82. The van der Waals surface area contributed by atoms with E-state index in [1.54, 1.807) is 24.3 Å². The minimum Gasteiger partial charge on any atom is -0.390 e. The van der Waals surface area contributed by atoms with Gasteiger partial charge in [0.25, 0.3) is 0 Å². The van der Waals surface area contributed by atoms with Crippen LogP contribution in [0.15, 0.2) is 24.3 Å². The minimum atomic E-state index is -0.734. The van der Waals surface area contributed by atoms with Crippen LogP contribution in [0.25, 0.3) is 5.69 Å². The molecule has 0 aliphatic heterocycles. The molecule has 0 fully saturated rings. The number of rotatable bonds is 3. The maximum Gasteiger partial charge on any atom is 0.492 e. The highest BCUT2D eigenvalue weighted by Gasteiger charge is 2.20. The van der Waals surface area contributed by atoms with Crippen molar-refractivity contribution in [3.8, 4) is 5.69 Å². The van der Waals surface area contributed by atoms with Gasteiger partial charge in [-0.05, 0) is 45.8 Å². The summed E-state index contributed by atoms with van der Waals surface area (Å²) in [5.41, 5.74) is 0.973. The van der Waals surface area contributed by atoms with E-state index in [4.69, 9.17) is 11.6 Å². The molecule has 0 atom stereocenters. The summed E-state index contributed by atoms with van der Waals surface area (Å²) in [5.74, 6) is -0.575. The third-order valence-corrected chi connectivity index (χ3v) is 2.24. The summed E-state index contributed by atoms with van der Waals surface area (Å²) >= 11 is 5.71. The highest BCUT2D eigenvalue weighted by atomic mass is 35.5. The number of carbonyl (C=O) groups is 1. The van der Waals surface area contributed by atoms with Crippen LogP contribution in [0.2, 0.25) is 5.28 Å². The van der Waals surface area contributed by atoms with E-state index < -0.39 is 10.9 Å². The van der Waals surface area contributed by atoms with Gasteiger partial charge in [-0.2, -0.15) is 0 Å². The zero-order chi connectivity index (χ0) is 12.4. The molecule has 8 heteroatoms. The van der Waals surface area contributed by atoms with Crippen LogP contribution in [0, 0.1) is 10.1 Å². The van der Waals surface area contributed by atoms with Gasteiger partial charge in [-0.3, -0.25) is 4.79 Å². The van der Waals surface area contributed by atoms with Crippen LogP contribution in [0.1, 0.15) is 10.4 Å². The lowest BCUT2D eigenvalue weighted by molar-refractivity contribution is -0.394. The molecule has 2 rings (SSSR count). The fourth-order valence-electron chi connectivity index (χ4n) is 1.22. The maximum atomic E-state index is 10.5. The van der Waals surface area contributed by atoms with Crippen molar-refractivity contribution in [1.29, 1.82) is 0 Å². The molecule has 0 saturated heterocycles. The van der Waals surface area contributed by atoms with Crippen molar-refractivity contribution in [1.82, 2.24) is 14.8 Å². The van der Waals surface area contributed by atoms with Crippen LogP contribution in [0.5, 0.6) is 0 Å². The summed E-state index contributed by atoms with van der Waals surface area (Å²) in [7, 11) is 0. The van der Waals surface area contributed by atoms with Gasteiger partial charge in [0.05, 0.1) is 5.69 Å². The van der Waals surface area contributed by atoms with Gasteiger partial charge in [0.15, 0.2) is 0 Å². The van der Waals surface area contributed by atoms with Gasteiger partial charge in [0.1, 0.15) is 6.29 Å². The molecule has 17 heavy (non-hydrogen) atoms. The average Bonchev–Trinajstić information content (AvgIpc) is 2.72. The van der Waals surface area contributed by atoms with Gasteiger partial charge < -0.3 is 10.1 Å². The molecule has 0 aliphatic carbocycles. The number of benzene rings is 1. The molecule has 86 valence electrons. The Balaban J connectivity index is 2.44. The van der Waals surface area contributed by atoms with E-state index in [1.165, 1.54) is 0 Å². The first kappa shape index (κ1) is 11.2. The molecule has 0 saturated carbocycles. The van der Waals surface area contributed by atoms with Gasteiger partial charge in [0.2, 0.25) is 0 Å². The van der Waals surface area contributed by atoms with Crippen molar-refractivity contribution in [2.45, 2.75) is 0 Å². The lowest BCUT2D eigenvalue weighted by Gasteiger charge is -1.96. The van der Waals surface area contributed by atoms with Crippen molar-refractivity contribution >= 4 is 23.8 Å². The molecule has 1 heterocycles. The predicted octanol–water partition coefficient (Wildman–Crippen LogP) is 1.64. The summed E-state index contributed by atoms with van der Waals surface area (Å²) in [4.78, 5) is 23.7. The molecule has 0 unspecified atom stereocenters. The number of hydrogen-bond donors (Lipinski definition) is 0. The molecule has 7 nitrogen and oxygen atoms in total. The normalized spacial score (nSPS) is 10.2. The first-order valence-electron chi connectivity index (χ1n) is 4.44. The van der Waals surface area contributed by atoms with E-state index in [1.807, 2.05) is 0 Å². The molecular formula is C9H5ClN4O3. The molecule has 0 bridgehead atoms. The van der Waals surface area contributed by atoms with Gasteiger partial charge in [0, 0.05) is 10.7 Å². The lowest BCUT2D eigenvalue weighted by atomic mass is 10.2. The second-order valence-corrected chi connectivity index (χ2v) is 3.40. The van der Waals surface area contributed by atoms with Crippen LogP contribution in [-0.4, -0.2) is 26.0 Å². The second kappa shape index (κ2) is 4.30. The van der Waals surface area contributed by atoms with E-state index >= 15 is 0 Å². The number of aromatic nitrogens is 3. The molecule has 0 spiro atoms. The Morgan fingerprint density at radius 3 is 2.47 bits per heavy atom. The molecule has 1 aromatic carbocycles. The SMILES string of the molecule is O=Cc1ccc(-n2nc([N+](=O)[O-])nc2Cl)cc1. The van der Waals surface area contributed by atoms with Crippen LogP contribution in [0.3, 0.4) is 0 Å². The summed E-state index contributed by atoms with van der Waals surface area (Å²) < 4.78 is 1.12. The first-order chi connectivity index (χ1) is 8.11. The van der Waals surface area contributed by atoms with E-state index in [-0.39, 0.29) is 5.28 Å². The molecule has 2 aromatic rings. The smallest absolute Gasteiger partial charge is 0.390 e. The predicted molar refractivity (Wildman–Crippen MR) is 58.4 cm³/mol. The number of halogens is 1. The second-order valence-electron chi connectivity index (χ2n) is 3.06. The highest BCUT2D eigenvalue weighted by molar-refractivity contribution is 6.28. The largest absolute Gasteiger partial charge is 0.492 e.